The Morgan fingerprint density at radius 1 is 0.873 bits per heavy atom. The molecule has 7 aliphatic rings. The van der Waals surface area contributed by atoms with E-state index in [1.54, 1.807) is 48.7 Å². The second-order valence-corrected chi connectivity index (χ2v) is 19.8. The number of halogens is 1. The summed E-state index contributed by atoms with van der Waals surface area (Å²) >= 11 is 0. The van der Waals surface area contributed by atoms with Crippen molar-refractivity contribution >= 4 is 63.3 Å². The number of fused-ring (bicyclic) bond motifs is 4. The lowest BCUT2D eigenvalue weighted by Gasteiger charge is -2.57. The minimum absolute atomic E-state index is 0.215. The number of piperidine rings is 3. The molecule has 5 aromatic rings. The van der Waals surface area contributed by atoms with Crippen molar-refractivity contribution < 1.29 is 37.8 Å². The normalized spacial score (nSPS) is 21.8. The van der Waals surface area contributed by atoms with E-state index in [1.807, 2.05) is 18.2 Å². The lowest BCUT2D eigenvalue weighted by Crippen LogP contribution is -2.69. The molecule has 0 spiro atoms. The molecule has 17 nitrogen and oxygen atoms in total. The summed E-state index contributed by atoms with van der Waals surface area (Å²) in [5, 5.41) is 12.2. The van der Waals surface area contributed by atoms with E-state index in [2.05, 4.69) is 47.0 Å². The molecule has 368 valence electrons. The van der Waals surface area contributed by atoms with Gasteiger partial charge in [0.05, 0.1) is 23.9 Å². The topological polar surface area (TPSA) is 191 Å². The fourth-order valence-corrected chi connectivity index (χ4v) is 11.1. The van der Waals surface area contributed by atoms with Crippen LogP contribution in [-0.4, -0.2) is 125 Å². The van der Waals surface area contributed by atoms with Gasteiger partial charge in [0.15, 0.2) is 0 Å². The van der Waals surface area contributed by atoms with Gasteiger partial charge in [0.2, 0.25) is 23.6 Å². The second-order valence-electron chi connectivity index (χ2n) is 19.8. The van der Waals surface area contributed by atoms with Gasteiger partial charge in [-0.2, -0.15) is 0 Å². The van der Waals surface area contributed by atoms with Gasteiger partial charge >= 0.3 is 0 Å². The molecule has 1 saturated carbocycles. The molecule has 4 N–H and O–H groups in total. The highest BCUT2D eigenvalue weighted by Crippen LogP contribution is 2.48. The van der Waals surface area contributed by atoms with E-state index in [-0.39, 0.29) is 24.1 Å². The standard InChI is InChI=1S/C53H57FN10O7/c1-70-46-25-40-42(55-19-13-45(40)71-39-9-7-36(8-10-39)59-52(69)53(16-17-53)51(68)58-35-5-3-34(54)4-6-35)26-44(46)62-21-14-32(15-22-62)28-63-37-24-38(63)31-61(30-37)20-2-18-56-47-23-33-29-64(50(67)41(33)27-57-47)43-11-12-48(65)60-49(43)66/h3-10,13,19,23,25-27,32,37-38,43H,2,11-12,14-18,20-22,24,28-31H2,1H3,(H,56,57)(H,58,68)(H,59,69)(H,60,65,66). The van der Waals surface area contributed by atoms with E-state index in [0.717, 1.165) is 98.8 Å². The van der Waals surface area contributed by atoms with Crippen LogP contribution in [-0.2, 0) is 25.7 Å². The summed E-state index contributed by atoms with van der Waals surface area (Å²) in [5.74, 6) is 1.17. The molecule has 3 atom stereocenters. The molecule has 3 aromatic carbocycles. The maximum atomic E-state index is 13.3. The van der Waals surface area contributed by atoms with Gasteiger partial charge in [-0.15, -0.1) is 0 Å². The second kappa shape index (κ2) is 19.2. The minimum atomic E-state index is -1.17. The van der Waals surface area contributed by atoms with Gasteiger partial charge in [0, 0.05) is 93.5 Å². The smallest absolute Gasteiger partial charge is 0.256 e. The van der Waals surface area contributed by atoms with Gasteiger partial charge in [-0.05, 0) is 136 Å². The van der Waals surface area contributed by atoms with E-state index < -0.39 is 29.1 Å². The van der Waals surface area contributed by atoms with Gasteiger partial charge in [-0.3, -0.25) is 39.2 Å². The first-order valence-electron chi connectivity index (χ1n) is 24.7. The van der Waals surface area contributed by atoms with Gasteiger partial charge in [0.1, 0.15) is 40.3 Å². The zero-order valence-corrected chi connectivity index (χ0v) is 39.6. The summed E-state index contributed by atoms with van der Waals surface area (Å²) in [4.78, 5) is 81.9. The number of ether oxygens (including phenoxy) is 2. The van der Waals surface area contributed by atoms with Crippen molar-refractivity contribution in [1.82, 2.24) is 30.0 Å². The van der Waals surface area contributed by atoms with E-state index in [4.69, 9.17) is 14.5 Å². The molecule has 5 saturated heterocycles. The molecule has 12 rings (SSSR count). The largest absolute Gasteiger partial charge is 0.495 e. The third-order valence-electron chi connectivity index (χ3n) is 15.3. The van der Waals surface area contributed by atoms with Crippen LogP contribution in [0.25, 0.3) is 10.9 Å². The molecular weight excluding hydrogens is 908 g/mol. The number of nitrogens with one attached hydrogen (secondary N) is 4. The summed E-state index contributed by atoms with van der Waals surface area (Å²) in [5.41, 5.74) is 2.98. The van der Waals surface area contributed by atoms with Crippen molar-refractivity contribution in [3.05, 3.63) is 102 Å². The number of anilines is 4. The number of benzene rings is 3. The van der Waals surface area contributed by atoms with Crippen LogP contribution >= 0.6 is 0 Å². The number of carbonyl (C=O) groups excluding carboxylic acids is 5. The quantitative estimate of drug-likeness (QED) is 0.0500. The Bertz CT molecular complexity index is 2880. The van der Waals surface area contributed by atoms with E-state index in [9.17, 15) is 28.4 Å². The summed E-state index contributed by atoms with van der Waals surface area (Å²) in [6.07, 6.45) is 9.20. The fourth-order valence-electron chi connectivity index (χ4n) is 11.1. The average molecular weight is 965 g/mol. The van der Waals surface area contributed by atoms with Crippen molar-refractivity contribution in [2.75, 3.05) is 73.8 Å². The van der Waals surface area contributed by atoms with Crippen LogP contribution in [0.15, 0.2) is 85.2 Å². The maximum absolute atomic E-state index is 13.3. The Hall–Kier alpha value is -7.18. The molecule has 8 heterocycles. The first-order valence-corrected chi connectivity index (χ1v) is 24.7. The zero-order valence-electron chi connectivity index (χ0n) is 39.6. The highest BCUT2D eigenvalue weighted by molar-refractivity contribution is 6.17. The molecule has 71 heavy (non-hydrogen) atoms. The van der Waals surface area contributed by atoms with Crippen LogP contribution in [0.2, 0.25) is 0 Å². The van der Waals surface area contributed by atoms with Gasteiger partial charge in [-0.25, -0.2) is 9.37 Å². The van der Waals surface area contributed by atoms with Crippen LogP contribution in [0, 0.1) is 17.2 Å². The molecule has 6 aliphatic heterocycles. The summed E-state index contributed by atoms with van der Waals surface area (Å²) in [6.45, 7) is 7.29. The molecule has 3 unspecified atom stereocenters. The Morgan fingerprint density at radius 2 is 1.59 bits per heavy atom. The minimum Gasteiger partial charge on any atom is -0.495 e. The van der Waals surface area contributed by atoms with Crippen LogP contribution in [0.5, 0.6) is 17.2 Å². The lowest BCUT2D eigenvalue weighted by atomic mass is 9.84. The molecule has 2 bridgehead atoms. The lowest BCUT2D eigenvalue weighted by molar-refractivity contribution is -0.137. The Morgan fingerprint density at radius 3 is 2.28 bits per heavy atom. The first-order chi connectivity index (χ1) is 34.5. The van der Waals surface area contributed by atoms with Crippen molar-refractivity contribution in [1.29, 1.82) is 0 Å². The summed E-state index contributed by atoms with van der Waals surface area (Å²) < 4.78 is 25.7. The number of pyridine rings is 2. The van der Waals surface area contributed by atoms with Crippen molar-refractivity contribution in [2.45, 2.75) is 76.0 Å². The third-order valence-corrected chi connectivity index (χ3v) is 15.3. The average Bonchev–Trinajstić information content (AvgIpc) is 4.14. The number of methoxy groups -OCH3 is 1. The van der Waals surface area contributed by atoms with Crippen LogP contribution in [0.4, 0.5) is 27.3 Å². The number of carbonyl (C=O) groups is 5. The summed E-state index contributed by atoms with van der Waals surface area (Å²) in [7, 11) is 1.69. The van der Waals surface area contributed by atoms with Gasteiger partial charge in [0.25, 0.3) is 5.91 Å². The summed E-state index contributed by atoms with van der Waals surface area (Å²) in [6, 6.07) is 20.8. The molecule has 5 amide bonds. The predicted octanol–water partition coefficient (Wildman–Crippen LogP) is 6.17. The highest BCUT2D eigenvalue weighted by Gasteiger charge is 2.56. The number of aromatic nitrogens is 2. The number of hydrogen-bond acceptors (Lipinski definition) is 13. The zero-order chi connectivity index (χ0) is 48.8. The van der Waals surface area contributed by atoms with E-state index in [0.29, 0.717) is 72.2 Å². The predicted molar refractivity (Wildman–Crippen MR) is 264 cm³/mol. The highest BCUT2D eigenvalue weighted by atomic mass is 19.1. The van der Waals surface area contributed by atoms with E-state index in [1.165, 1.54) is 30.7 Å². The first kappa shape index (κ1) is 46.2. The van der Waals surface area contributed by atoms with Crippen molar-refractivity contribution in [2.24, 2.45) is 11.3 Å². The number of piperazine rings is 1. The molecular formula is C53H57FN10O7. The third kappa shape index (κ3) is 9.45. The SMILES string of the molecule is COc1cc2c(Oc3ccc(NC(=O)C4(C(=O)Nc5ccc(F)cc5)CC4)cc3)ccnc2cc1N1CCC(CN2C3CC2CN(CCCNc2cc4c(cn2)C(=O)N(C2CCC(=O)NC2=O)C4)C3)CC1. The van der Waals surface area contributed by atoms with Gasteiger partial charge < -0.3 is 40.1 Å². The number of imide groups is 1. The van der Waals surface area contributed by atoms with Gasteiger partial charge in [-0.1, -0.05) is 0 Å². The molecule has 6 fully saturated rings. The fraction of sp³-hybridized carbons (Fsp3) is 0.415. The Balaban J connectivity index is 0.627. The Labute approximate surface area is 410 Å². The van der Waals surface area contributed by atoms with Crippen molar-refractivity contribution in [3.8, 4) is 17.2 Å². The van der Waals surface area contributed by atoms with Crippen molar-refractivity contribution in [3.63, 3.8) is 0 Å². The monoisotopic (exact) mass is 964 g/mol. The van der Waals surface area contributed by atoms with Crippen LogP contribution in [0.1, 0.15) is 67.3 Å². The Kier molecular flexibility index (Phi) is 12.5. The maximum Gasteiger partial charge on any atom is 0.256 e. The van der Waals surface area contributed by atoms with Crippen LogP contribution < -0.4 is 35.6 Å². The number of hydrogen-bond donors (Lipinski definition) is 4. The number of nitrogens with zero attached hydrogens (tertiary/aromatic N) is 6. The molecule has 2 aromatic heterocycles. The molecule has 0 radical (unpaired) electrons. The number of amides is 5. The van der Waals surface area contributed by atoms with Crippen LogP contribution in [0.3, 0.4) is 0 Å². The number of rotatable bonds is 16. The van der Waals surface area contributed by atoms with E-state index >= 15 is 0 Å². The molecule has 18 heteroatoms. The molecule has 1 aliphatic carbocycles.